The van der Waals surface area contributed by atoms with E-state index in [9.17, 15) is 20.1 Å². The maximum Gasteiger partial charge on any atom is 0.155 e. The summed E-state index contributed by atoms with van der Waals surface area (Å²) < 4.78 is 0. The Balaban J connectivity index is 1.73. The maximum atomic E-state index is 11.8. The average molecular weight is 320 g/mol. The van der Waals surface area contributed by atoms with E-state index in [0.717, 1.165) is 37.7 Å². The lowest BCUT2D eigenvalue weighted by Gasteiger charge is -2.58. The molecular formula is C19H28O4. The number of hydrogen-bond acceptors (Lipinski definition) is 4. The number of rotatable bonds is 1. The van der Waals surface area contributed by atoms with E-state index >= 15 is 0 Å². The molecule has 0 aromatic carbocycles. The Morgan fingerprint density at radius 2 is 2.00 bits per heavy atom. The summed E-state index contributed by atoms with van der Waals surface area (Å²) in [7, 11) is 0. The van der Waals surface area contributed by atoms with Crippen LogP contribution >= 0.6 is 0 Å². The van der Waals surface area contributed by atoms with Gasteiger partial charge in [-0.25, -0.2) is 0 Å². The maximum absolute atomic E-state index is 11.8. The molecule has 23 heavy (non-hydrogen) atoms. The molecule has 3 fully saturated rings. The lowest BCUT2D eigenvalue weighted by molar-refractivity contribution is -0.123. The highest BCUT2D eigenvalue weighted by Crippen LogP contribution is 2.65. The molecule has 4 aliphatic carbocycles. The van der Waals surface area contributed by atoms with Gasteiger partial charge < -0.3 is 15.3 Å². The van der Waals surface area contributed by atoms with Crippen LogP contribution in [0.25, 0.3) is 0 Å². The highest BCUT2D eigenvalue weighted by molar-refractivity contribution is 5.91. The van der Waals surface area contributed by atoms with Crippen LogP contribution in [0.3, 0.4) is 0 Å². The van der Waals surface area contributed by atoms with E-state index in [-0.39, 0.29) is 29.1 Å². The predicted molar refractivity (Wildman–Crippen MR) is 85.5 cm³/mol. The third-order valence-electron chi connectivity index (χ3n) is 7.91. The molecule has 0 heterocycles. The van der Waals surface area contributed by atoms with Gasteiger partial charge in [-0.15, -0.1) is 0 Å². The van der Waals surface area contributed by atoms with Gasteiger partial charge in [-0.1, -0.05) is 12.5 Å². The first-order chi connectivity index (χ1) is 10.9. The number of ketones is 1. The molecule has 4 aliphatic rings. The Bertz CT molecular complexity index is 556. The van der Waals surface area contributed by atoms with E-state index in [2.05, 4.69) is 6.92 Å². The standard InChI is InChI=1S/C19H28O4/c1-18-6-5-14-13(17(18)15(22)9-16(18)23)3-2-11-8-12(21)4-7-19(11,14)10-20/h8,13-17,20,22-23H,2-7,9-10H2,1H3/t13-,14+,15+,16+,17-,18-,19-/m1/s1. The van der Waals surface area contributed by atoms with Crippen LogP contribution in [0.4, 0.5) is 0 Å². The molecule has 4 nitrogen and oxygen atoms in total. The summed E-state index contributed by atoms with van der Waals surface area (Å²) in [6.07, 6.45) is 6.40. The van der Waals surface area contributed by atoms with Crippen molar-refractivity contribution < 1.29 is 20.1 Å². The van der Waals surface area contributed by atoms with Crippen molar-refractivity contribution in [2.75, 3.05) is 6.61 Å². The largest absolute Gasteiger partial charge is 0.395 e. The Labute approximate surface area is 137 Å². The quantitative estimate of drug-likeness (QED) is 0.689. The van der Waals surface area contributed by atoms with Crippen molar-refractivity contribution in [3.63, 3.8) is 0 Å². The molecular weight excluding hydrogens is 292 g/mol. The zero-order valence-electron chi connectivity index (χ0n) is 13.9. The van der Waals surface area contributed by atoms with E-state index < -0.39 is 12.2 Å². The fourth-order valence-electron chi connectivity index (χ4n) is 6.69. The van der Waals surface area contributed by atoms with Crippen LogP contribution in [0.2, 0.25) is 0 Å². The fraction of sp³-hybridized carbons (Fsp3) is 0.842. The van der Waals surface area contributed by atoms with Crippen molar-refractivity contribution in [1.82, 2.24) is 0 Å². The fourth-order valence-corrected chi connectivity index (χ4v) is 6.69. The second kappa shape index (κ2) is 5.14. The van der Waals surface area contributed by atoms with Gasteiger partial charge in [0.1, 0.15) is 0 Å². The summed E-state index contributed by atoms with van der Waals surface area (Å²) in [4.78, 5) is 11.8. The molecule has 4 rings (SSSR count). The smallest absolute Gasteiger partial charge is 0.155 e. The molecule has 4 heteroatoms. The predicted octanol–water partition coefficient (Wildman–Crippen LogP) is 1.82. The number of hydrogen-bond donors (Lipinski definition) is 3. The van der Waals surface area contributed by atoms with Crippen LogP contribution in [-0.2, 0) is 4.79 Å². The SMILES string of the molecule is C[C@]12CC[C@H]3[C@@H](CCC4=CC(=O)CC[C@@]43CO)[C@@H]1[C@@H](O)C[C@@H]2O. The molecule has 3 saturated carbocycles. The number of aliphatic hydroxyl groups is 3. The molecule has 0 radical (unpaired) electrons. The van der Waals surface area contributed by atoms with Gasteiger partial charge in [0.15, 0.2) is 5.78 Å². The lowest BCUT2D eigenvalue weighted by Crippen LogP contribution is -2.54. The Hall–Kier alpha value is -0.710. The first-order valence-electron chi connectivity index (χ1n) is 9.13. The molecule has 3 N–H and O–H groups in total. The van der Waals surface area contributed by atoms with Gasteiger partial charge in [-0.3, -0.25) is 4.79 Å². The molecule has 0 aromatic heterocycles. The molecule has 0 saturated heterocycles. The minimum absolute atomic E-state index is 0.107. The van der Waals surface area contributed by atoms with Crippen molar-refractivity contribution in [1.29, 1.82) is 0 Å². The van der Waals surface area contributed by atoms with Crippen molar-refractivity contribution in [2.45, 2.75) is 64.1 Å². The Morgan fingerprint density at radius 1 is 1.22 bits per heavy atom. The minimum Gasteiger partial charge on any atom is -0.395 e. The van der Waals surface area contributed by atoms with Crippen molar-refractivity contribution >= 4 is 5.78 Å². The van der Waals surface area contributed by atoms with Gasteiger partial charge in [0.2, 0.25) is 0 Å². The molecule has 128 valence electrons. The number of carbonyl (C=O) groups is 1. The minimum atomic E-state index is -0.436. The van der Waals surface area contributed by atoms with Crippen LogP contribution in [-0.4, -0.2) is 39.9 Å². The van der Waals surface area contributed by atoms with Gasteiger partial charge in [-0.2, -0.15) is 0 Å². The molecule has 7 atom stereocenters. The lowest BCUT2D eigenvalue weighted by atomic mass is 9.47. The molecule has 0 aliphatic heterocycles. The van der Waals surface area contributed by atoms with E-state index in [1.165, 1.54) is 0 Å². The Morgan fingerprint density at radius 3 is 2.74 bits per heavy atom. The van der Waals surface area contributed by atoms with Gasteiger partial charge in [0.25, 0.3) is 0 Å². The van der Waals surface area contributed by atoms with Gasteiger partial charge in [0.05, 0.1) is 18.8 Å². The number of carbonyl (C=O) groups excluding carboxylic acids is 1. The third kappa shape index (κ3) is 1.98. The van der Waals surface area contributed by atoms with Crippen molar-refractivity contribution in [3.8, 4) is 0 Å². The summed E-state index contributed by atoms with van der Waals surface area (Å²) in [6, 6.07) is 0. The van der Waals surface area contributed by atoms with Crippen LogP contribution < -0.4 is 0 Å². The third-order valence-corrected chi connectivity index (χ3v) is 7.91. The van der Waals surface area contributed by atoms with Gasteiger partial charge >= 0.3 is 0 Å². The first kappa shape index (κ1) is 15.8. The van der Waals surface area contributed by atoms with Crippen LogP contribution in [0, 0.1) is 28.6 Å². The zero-order chi connectivity index (χ0) is 16.4. The zero-order valence-corrected chi connectivity index (χ0v) is 13.9. The van der Waals surface area contributed by atoms with E-state index in [0.29, 0.717) is 24.7 Å². The normalized spacial score (nSPS) is 52.4. The summed E-state index contributed by atoms with van der Waals surface area (Å²) in [6.45, 7) is 2.24. The summed E-state index contributed by atoms with van der Waals surface area (Å²) in [5.74, 6) is 0.996. The van der Waals surface area contributed by atoms with Gasteiger partial charge in [-0.05, 0) is 61.3 Å². The highest BCUT2D eigenvalue weighted by atomic mass is 16.3. The van der Waals surface area contributed by atoms with Crippen LogP contribution in [0.15, 0.2) is 11.6 Å². The average Bonchev–Trinajstić information content (AvgIpc) is 2.76. The molecule has 0 aromatic rings. The second-order valence-electron chi connectivity index (χ2n) is 8.65. The molecule has 0 spiro atoms. The highest BCUT2D eigenvalue weighted by Gasteiger charge is 2.62. The summed E-state index contributed by atoms with van der Waals surface area (Å²) in [5, 5.41) is 31.3. The number of fused-ring (bicyclic) bond motifs is 5. The summed E-state index contributed by atoms with van der Waals surface area (Å²) >= 11 is 0. The first-order valence-corrected chi connectivity index (χ1v) is 9.13. The van der Waals surface area contributed by atoms with Crippen LogP contribution in [0.5, 0.6) is 0 Å². The van der Waals surface area contributed by atoms with E-state index in [4.69, 9.17) is 0 Å². The van der Waals surface area contributed by atoms with E-state index in [1.54, 1.807) is 6.08 Å². The molecule has 0 bridgehead atoms. The van der Waals surface area contributed by atoms with E-state index in [1.807, 2.05) is 0 Å². The van der Waals surface area contributed by atoms with Crippen LogP contribution in [0.1, 0.15) is 51.9 Å². The molecule has 0 amide bonds. The second-order valence-corrected chi connectivity index (χ2v) is 8.65. The monoisotopic (exact) mass is 320 g/mol. The summed E-state index contributed by atoms with van der Waals surface area (Å²) in [5.41, 5.74) is 0.697. The van der Waals surface area contributed by atoms with Crippen molar-refractivity contribution in [3.05, 3.63) is 11.6 Å². The number of aliphatic hydroxyl groups excluding tert-OH is 3. The van der Waals surface area contributed by atoms with Crippen molar-refractivity contribution in [2.24, 2.45) is 28.6 Å². The van der Waals surface area contributed by atoms with Gasteiger partial charge in [0, 0.05) is 18.3 Å². The Kier molecular flexibility index (Phi) is 3.53. The molecule has 0 unspecified atom stereocenters. The topological polar surface area (TPSA) is 77.8 Å².